The Morgan fingerprint density at radius 3 is 2.75 bits per heavy atom. The van der Waals surface area contributed by atoms with Crippen LogP contribution in [0.3, 0.4) is 0 Å². The van der Waals surface area contributed by atoms with Crippen molar-refractivity contribution in [1.29, 1.82) is 0 Å². The quantitative estimate of drug-likeness (QED) is 0.732. The first kappa shape index (κ1) is 13.6. The van der Waals surface area contributed by atoms with Crippen molar-refractivity contribution in [1.82, 2.24) is 18.7 Å². The molecule has 2 aromatic rings. The molecule has 0 aliphatic carbocycles. The second-order valence-electron chi connectivity index (χ2n) is 5.10. The molecule has 1 fully saturated rings. The molecule has 2 aromatic heterocycles. The summed E-state index contributed by atoms with van der Waals surface area (Å²) in [4.78, 5) is 28.4. The number of hydrogen-bond acceptors (Lipinski definition) is 4. The standard InChI is InChI=1S/C12H15BrN4O3/c1-15-9-8(10(18)16(2)12(15)19)14-11(13)17(9)5-7-3-4-20-6-7/h7H,3-6H2,1-2H3. The van der Waals surface area contributed by atoms with E-state index in [1.54, 1.807) is 7.05 Å². The van der Waals surface area contributed by atoms with Crippen LogP contribution >= 0.6 is 15.9 Å². The molecule has 1 aliphatic heterocycles. The van der Waals surface area contributed by atoms with Gasteiger partial charge in [-0.25, -0.2) is 9.78 Å². The second kappa shape index (κ2) is 4.85. The molecule has 0 saturated carbocycles. The first-order valence-electron chi connectivity index (χ1n) is 6.40. The first-order valence-corrected chi connectivity index (χ1v) is 7.19. The van der Waals surface area contributed by atoms with Crippen molar-refractivity contribution in [2.45, 2.75) is 13.0 Å². The molecule has 1 aliphatic rings. The van der Waals surface area contributed by atoms with E-state index in [-0.39, 0.29) is 11.2 Å². The average Bonchev–Trinajstić information content (AvgIpc) is 3.04. The predicted molar refractivity (Wildman–Crippen MR) is 76.8 cm³/mol. The molecule has 0 amide bonds. The molecule has 0 radical (unpaired) electrons. The Morgan fingerprint density at radius 2 is 2.10 bits per heavy atom. The summed E-state index contributed by atoms with van der Waals surface area (Å²) in [6.45, 7) is 2.14. The molecule has 7 nitrogen and oxygen atoms in total. The van der Waals surface area contributed by atoms with Gasteiger partial charge in [-0.1, -0.05) is 0 Å². The number of halogens is 1. The molecule has 0 aromatic carbocycles. The predicted octanol–water partition coefficient (Wildman–Crippen LogP) is 0.233. The summed E-state index contributed by atoms with van der Waals surface area (Å²) in [5.74, 6) is 0.378. The van der Waals surface area contributed by atoms with Gasteiger partial charge in [0, 0.05) is 33.2 Å². The van der Waals surface area contributed by atoms with Crippen LogP contribution < -0.4 is 11.2 Å². The van der Waals surface area contributed by atoms with Crippen molar-refractivity contribution in [3.8, 4) is 0 Å². The fourth-order valence-electron chi connectivity index (χ4n) is 2.61. The first-order chi connectivity index (χ1) is 9.50. The Bertz CT molecular complexity index is 783. The molecule has 8 heteroatoms. The molecule has 20 heavy (non-hydrogen) atoms. The zero-order valence-electron chi connectivity index (χ0n) is 11.3. The Kier molecular flexibility index (Phi) is 3.29. The molecule has 1 unspecified atom stereocenters. The lowest BCUT2D eigenvalue weighted by Gasteiger charge is -2.12. The fraction of sp³-hybridized carbons (Fsp3) is 0.583. The highest BCUT2D eigenvalue weighted by molar-refractivity contribution is 9.10. The van der Waals surface area contributed by atoms with Crippen LogP contribution in [0.15, 0.2) is 14.3 Å². The van der Waals surface area contributed by atoms with Crippen molar-refractivity contribution in [3.05, 3.63) is 25.6 Å². The summed E-state index contributed by atoms with van der Waals surface area (Å²) in [6.07, 6.45) is 0.977. The molecule has 1 atom stereocenters. The van der Waals surface area contributed by atoms with Crippen molar-refractivity contribution < 1.29 is 4.74 Å². The molecule has 3 rings (SSSR count). The zero-order valence-corrected chi connectivity index (χ0v) is 12.9. The van der Waals surface area contributed by atoms with Crippen LogP contribution in [0.5, 0.6) is 0 Å². The number of aromatic nitrogens is 4. The van der Waals surface area contributed by atoms with Gasteiger partial charge in [0.15, 0.2) is 15.9 Å². The lowest BCUT2D eigenvalue weighted by Crippen LogP contribution is -2.37. The monoisotopic (exact) mass is 342 g/mol. The largest absolute Gasteiger partial charge is 0.381 e. The smallest absolute Gasteiger partial charge is 0.332 e. The summed E-state index contributed by atoms with van der Waals surface area (Å²) >= 11 is 3.38. The van der Waals surface area contributed by atoms with E-state index < -0.39 is 0 Å². The highest BCUT2D eigenvalue weighted by Gasteiger charge is 2.22. The third-order valence-electron chi connectivity index (χ3n) is 3.76. The molecule has 3 heterocycles. The van der Waals surface area contributed by atoms with Crippen molar-refractivity contribution in [3.63, 3.8) is 0 Å². The van der Waals surface area contributed by atoms with E-state index in [0.29, 0.717) is 35.0 Å². The van der Waals surface area contributed by atoms with Gasteiger partial charge in [-0.15, -0.1) is 0 Å². The minimum absolute atomic E-state index is 0.306. The van der Waals surface area contributed by atoms with Gasteiger partial charge in [0.2, 0.25) is 0 Å². The van der Waals surface area contributed by atoms with Crippen LogP contribution in [0, 0.1) is 5.92 Å². The molecule has 0 spiro atoms. The zero-order chi connectivity index (χ0) is 14.4. The minimum Gasteiger partial charge on any atom is -0.381 e. The van der Waals surface area contributed by atoms with Crippen LogP contribution in [0.1, 0.15) is 6.42 Å². The number of fused-ring (bicyclic) bond motifs is 1. The molecular weight excluding hydrogens is 328 g/mol. The molecule has 0 N–H and O–H groups in total. The maximum absolute atomic E-state index is 12.1. The van der Waals surface area contributed by atoms with E-state index >= 15 is 0 Å². The Hall–Kier alpha value is -1.41. The van der Waals surface area contributed by atoms with E-state index in [1.165, 1.54) is 11.6 Å². The van der Waals surface area contributed by atoms with E-state index in [2.05, 4.69) is 20.9 Å². The molecule has 1 saturated heterocycles. The number of imidazole rings is 1. The lowest BCUT2D eigenvalue weighted by atomic mass is 10.1. The Balaban J connectivity index is 2.24. The van der Waals surface area contributed by atoms with Crippen LogP contribution in [0.25, 0.3) is 11.2 Å². The lowest BCUT2D eigenvalue weighted by molar-refractivity contribution is 0.182. The van der Waals surface area contributed by atoms with Crippen molar-refractivity contribution >= 4 is 27.1 Å². The topological polar surface area (TPSA) is 71.0 Å². The highest BCUT2D eigenvalue weighted by atomic mass is 79.9. The van der Waals surface area contributed by atoms with Crippen LogP contribution in [-0.2, 0) is 25.4 Å². The fourth-order valence-corrected chi connectivity index (χ4v) is 3.10. The maximum Gasteiger partial charge on any atom is 0.332 e. The summed E-state index contributed by atoms with van der Waals surface area (Å²) in [5, 5.41) is 0. The Morgan fingerprint density at radius 1 is 1.35 bits per heavy atom. The van der Waals surface area contributed by atoms with Gasteiger partial charge >= 0.3 is 5.69 Å². The summed E-state index contributed by atoms with van der Waals surface area (Å²) in [7, 11) is 3.11. The summed E-state index contributed by atoms with van der Waals surface area (Å²) < 4.78 is 10.3. The van der Waals surface area contributed by atoms with Gasteiger partial charge < -0.3 is 9.30 Å². The van der Waals surface area contributed by atoms with E-state index in [0.717, 1.165) is 17.6 Å². The number of aryl methyl sites for hydroxylation is 1. The average molecular weight is 343 g/mol. The SMILES string of the molecule is Cn1c(=O)c2nc(Br)n(CC3CCOC3)c2n(C)c1=O. The van der Waals surface area contributed by atoms with Gasteiger partial charge in [-0.2, -0.15) is 0 Å². The normalized spacial score (nSPS) is 19.1. The van der Waals surface area contributed by atoms with Gasteiger partial charge in [0.1, 0.15) is 0 Å². The summed E-state index contributed by atoms with van der Waals surface area (Å²) in [6, 6.07) is 0. The van der Waals surface area contributed by atoms with E-state index in [1.807, 2.05) is 4.57 Å². The van der Waals surface area contributed by atoms with Gasteiger partial charge in [0.25, 0.3) is 5.56 Å². The molecule has 108 valence electrons. The third-order valence-corrected chi connectivity index (χ3v) is 4.36. The van der Waals surface area contributed by atoms with Crippen LogP contribution in [0.2, 0.25) is 0 Å². The molecule has 0 bridgehead atoms. The minimum atomic E-state index is -0.370. The highest BCUT2D eigenvalue weighted by Crippen LogP contribution is 2.22. The van der Waals surface area contributed by atoms with Gasteiger partial charge in [-0.3, -0.25) is 13.9 Å². The van der Waals surface area contributed by atoms with Gasteiger partial charge in [0.05, 0.1) is 6.61 Å². The number of rotatable bonds is 2. The maximum atomic E-state index is 12.1. The van der Waals surface area contributed by atoms with E-state index in [4.69, 9.17) is 4.74 Å². The number of ether oxygens (including phenoxy) is 1. The second-order valence-corrected chi connectivity index (χ2v) is 5.81. The third kappa shape index (κ3) is 1.94. The molecular formula is C12H15BrN4O3. The van der Waals surface area contributed by atoms with E-state index in [9.17, 15) is 9.59 Å². The number of hydrogen-bond donors (Lipinski definition) is 0. The van der Waals surface area contributed by atoms with Crippen molar-refractivity contribution in [2.24, 2.45) is 20.0 Å². The number of nitrogens with zero attached hydrogens (tertiary/aromatic N) is 4. The van der Waals surface area contributed by atoms with Gasteiger partial charge in [-0.05, 0) is 22.4 Å². The van der Waals surface area contributed by atoms with Crippen LogP contribution in [-0.4, -0.2) is 31.9 Å². The summed E-state index contributed by atoms with van der Waals surface area (Å²) in [5.41, 5.74) is 0.140. The van der Waals surface area contributed by atoms with Crippen molar-refractivity contribution in [2.75, 3.05) is 13.2 Å². The Labute approximate surface area is 122 Å². The van der Waals surface area contributed by atoms with Crippen LogP contribution in [0.4, 0.5) is 0 Å².